The zero-order valence-corrected chi connectivity index (χ0v) is 19.5. The molecule has 0 saturated carbocycles. The van der Waals surface area contributed by atoms with E-state index in [2.05, 4.69) is 15.2 Å². The fourth-order valence-electron chi connectivity index (χ4n) is 4.04. The third-order valence-corrected chi connectivity index (χ3v) is 6.39. The Balaban J connectivity index is 1.61. The quantitative estimate of drug-likeness (QED) is 0.315. The summed E-state index contributed by atoms with van der Waals surface area (Å²) in [4.78, 5) is 6.63. The minimum absolute atomic E-state index is 0.182. The second-order valence-electron chi connectivity index (χ2n) is 7.63. The van der Waals surface area contributed by atoms with Crippen LogP contribution in [0.4, 0.5) is 5.69 Å². The molecule has 5 rings (SSSR count). The fourth-order valence-corrected chi connectivity index (χ4v) is 4.68. The zero-order chi connectivity index (χ0) is 22.2. The molecule has 2 aromatic carbocycles. The van der Waals surface area contributed by atoms with Crippen LogP contribution in [0.1, 0.15) is 29.1 Å². The van der Waals surface area contributed by atoms with Gasteiger partial charge in [0.15, 0.2) is 5.11 Å². The number of rotatable bonds is 4. The van der Waals surface area contributed by atoms with Crippen LogP contribution < -0.4 is 10.2 Å². The number of nitrogens with one attached hydrogen (secondary N) is 1. The van der Waals surface area contributed by atoms with Crippen LogP contribution in [0.2, 0.25) is 10.0 Å². The van der Waals surface area contributed by atoms with Gasteiger partial charge < -0.3 is 14.6 Å². The molecule has 32 heavy (non-hydrogen) atoms. The van der Waals surface area contributed by atoms with Gasteiger partial charge in [-0.1, -0.05) is 35.3 Å². The molecule has 3 heterocycles. The molecule has 1 N–H and O–H groups in total. The summed E-state index contributed by atoms with van der Waals surface area (Å²) in [6.07, 6.45) is 1.78. The second kappa shape index (κ2) is 8.58. The number of anilines is 1. The molecule has 0 radical (unpaired) electrons. The Kier molecular flexibility index (Phi) is 5.64. The van der Waals surface area contributed by atoms with Crippen molar-refractivity contribution in [3.8, 4) is 11.3 Å². The lowest BCUT2D eigenvalue weighted by Gasteiger charge is -2.26. The minimum atomic E-state index is -0.230. The number of halogens is 2. The normalized spacial score (nSPS) is 18.1. The maximum Gasteiger partial charge on any atom is 0.174 e. The highest BCUT2D eigenvalue weighted by Gasteiger charge is 2.42. The minimum Gasteiger partial charge on any atom is -0.459 e. The number of aromatic nitrogens is 1. The van der Waals surface area contributed by atoms with Crippen LogP contribution in [0.3, 0.4) is 0 Å². The summed E-state index contributed by atoms with van der Waals surface area (Å²) < 4.78 is 6.41. The van der Waals surface area contributed by atoms with Crippen molar-refractivity contribution in [2.75, 3.05) is 4.90 Å². The van der Waals surface area contributed by atoms with Crippen molar-refractivity contribution in [1.82, 2.24) is 10.3 Å². The van der Waals surface area contributed by atoms with Crippen molar-refractivity contribution >= 4 is 46.2 Å². The maximum absolute atomic E-state index is 6.41. The molecule has 160 valence electrons. The van der Waals surface area contributed by atoms with Gasteiger partial charge >= 0.3 is 0 Å². The Morgan fingerprint density at radius 2 is 1.75 bits per heavy atom. The van der Waals surface area contributed by atoms with Gasteiger partial charge in [-0.25, -0.2) is 0 Å². The van der Waals surface area contributed by atoms with Crippen molar-refractivity contribution in [2.45, 2.75) is 19.0 Å². The average Bonchev–Trinajstić information content (AvgIpc) is 3.41. The number of benzene rings is 2. The van der Waals surface area contributed by atoms with Gasteiger partial charge in [0.25, 0.3) is 0 Å². The van der Waals surface area contributed by atoms with E-state index in [-0.39, 0.29) is 12.1 Å². The van der Waals surface area contributed by atoms with Crippen LogP contribution in [-0.2, 0) is 0 Å². The smallest absolute Gasteiger partial charge is 0.174 e. The van der Waals surface area contributed by atoms with Gasteiger partial charge in [-0.3, -0.25) is 4.98 Å². The zero-order valence-electron chi connectivity index (χ0n) is 17.1. The summed E-state index contributed by atoms with van der Waals surface area (Å²) in [6.45, 7) is 2.04. The Bertz CT molecular complexity index is 1270. The highest BCUT2D eigenvalue weighted by atomic mass is 35.5. The molecule has 0 unspecified atom stereocenters. The third kappa shape index (κ3) is 3.88. The predicted octanol–water partition coefficient (Wildman–Crippen LogP) is 7.13. The predicted molar refractivity (Wildman–Crippen MR) is 133 cm³/mol. The van der Waals surface area contributed by atoms with Gasteiger partial charge in [0, 0.05) is 27.5 Å². The number of aryl methyl sites for hydroxylation is 1. The van der Waals surface area contributed by atoms with Gasteiger partial charge in [-0.05, 0) is 85.4 Å². The molecule has 4 nitrogen and oxygen atoms in total. The Morgan fingerprint density at radius 1 is 0.969 bits per heavy atom. The van der Waals surface area contributed by atoms with E-state index in [9.17, 15) is 0 Å². The van der Waals surface area contributed by atoms with E-state index < -0.39 is 0 Å². The lowest BCUT2D eigenvalue weighted by atomic mass is 10.0. The first-order valence-corrected chi connectivity index (χ1v) is 11.3. The molecular weight excluding hydrogens is 461 g/mol. The first kappa shape index (κ1) is 21.0. The maximum atomic E-state index is 6.41. The van der Waals surface area contributed by atoms with Crippen molar-refractivity contribution < 1.29 is 4.42 Å². The third-order valence-electron chi connectivity index (χ3n) is 5.59. The molecule has 0 spiro atoms. The first-order valence-electron chi connectivity index (χ1n) is 10.1. The van der Waals surface area contributed by atoms with Crippen molar-refractivity contribution in [1.29, 1.82) is 0 Å². The lowest BCUT2D eigenvalue weighted by Crippen LogP contribution is -2.29. The molecule has 7 heteroatoms. The van der Waals surface area contributed by atoms with E-state index in [1.54, 1.807) is 6.20 Å². The fraction of sp³-hybridized carbons (Fsp3) is 0.120. The van der Waals surface area contributed by atoms with Crippen molar-refractivity contribution in [3.05, 3.63) is 106 Å². The van der Waals surface area contributed by atoms with E-state index in [4.69, 9.17) is 39.8 Å². The average molecular weight is 480 g/mol. The standard InChI is InChI=1S/C25H19Cl2N3OS/c1-15-5-6-17(27)14-19(15)21-11-12-22(31-21)24-23(20-4-2-3-13-28-20)29-25(32)30(24)18-9-7-16(26)8-10-18/h2-14,23-24H,1H3,(H,29,32)/t23-,24-/m1/s1. The van der Waals surface area contributed by atoms with Gasteiger partial charge in [-0.2, -0.15) is 0 Å². The van der Waals surface area contributed by atoms with E-state index >= 15 is 0 Å². The van der Waals surface area contributed by atoms with Gasteiger partial charge in [0.2, 0.25) is 0 Å². The number of hydrogen-bond acceptors (Lipinski definition) is 3. The van der Waals surface area contributed by atoms with Gasteiger partial charge in [-0.15, -0.1) is 0 Å². The van der Waals surface area contributed by atoms with E-state index in [0.29, 0.717) is 15.2 Å². The van der Waals surface area contributed by atoms with E-state index in [0.717, 1.165) is 34.0 Å². The van der Waals surface area contributed by atoms with Crippen molar-refractivity contribution in [3.63, 3.8) is 0 Å². The molecule has 1 aliphatic rings. The summed E-state index contributed by atoms with van der Waals surface area (Å²) >= 11 is 18.1. The van der Waals surface area contributed by atoms with Crippen LogP contribution in [0, 0.1) is 6.92 Å². The number of nitrogens with zero attached hydrogens (tertiary/aromatic N) is 2. The molecule has 1 fully saturated rings. The largest absolute Gasteiger partial charge is 0.459 e. The second-order valence-corrected chi connectivity index (χ2v) is 8.89. The number of furan rings is 1. The summed E-state index contributed by atoms with van der Waals surface area (Å²) in [7, 11) is 0. The number of pyridine rings is 1. The number of thiocarbonyl (C=S) groups is 1. The first-order chi connectivity index (χ1) is 15.5. The van der Waals surface area contributed by atoms with Gasteiger partial charge in [0.05, 0.1) is 11.7 Å². The summed E-state index contributed by atoms with van der Waals surface area (Å²) in [5.74, 6) is 1.53. The summed E-state index contributed by atoms with van der Waals surface area (Å²) in [6, 6.07) is 22.8. The SMILES string of the molecule is Cc1ccc(Cl)cc1-c1ccc([C@@H]2[C@@H](c3ccccn3)NC(=S)N2c2ccc(Cl)cc2)o1. The molecular formula is C25H19Cl2N3OS. The van der Waals surface area contributed by atoms with Crippen LogP contribution in [-0.4, -0.2) is 10.1 Å². The van der Waals surface area contributed by atoms with E-state index in [1.165, 1.54) is 0 Å². The highest BCUT2D eigenvalue weighted by molar-refractivity contribution is 7.80. The Morgan fingerprint density at radius 3 is 2.50 bits per heavy atom. The van der Waals surface area contributed by atoms with Crippen LogP contribution >= 0.6 is 35.4 Å². The topological polar surface area (TPSA) is 41.3 Å². The van der Waals surface area contributed by atoms with Crippen LogP contribution in [0.5, 0.6) is 0 Å². The number of hydrogen-bond donors (Lipinski definition) is 1. The van der Waals surface area contributed by atoms with E-state index in [1.807, 2.05) is 79.7 Å². The molecule has 0 bridgehead atoms. The molecule has 1 saturated heterocycles. The Labute approximate surface area is 201 Å². The van der Waals surface area contributed by atoms with Crippen LogP contribution in [0.25, 0.3) is 11.3 Å². The summed E-state index contributed by atoms with van der Waals surface area (Å²) in [5, 5.41) is 5.37. The summed E-state index contributed by atoms with van der Waals surface area (Å²) in [5.41, 5.74) is 3.86. The monoisotopic (exact) mass is 479 g/mol. The van der Waals surface area contributed by atoms with Crippen LogP contribution in [0.15, 0.2) is 83.4 Å². The van der Waals surface area contributed by atoms with Crippen molar-refractivity contribution in [2.24, 2.45) is 0 Å². The molecule has 0 amide bonds. The molecule has 0 aliphatic carbocycles. The molecule has 4 aromatic rings. The Hall–Kier alpha value is -2.86. The van der Waals surface area contributed by atoms with Gasteiger partial charge in [0.1, 0.15) is 17.6 Å². The lowest BCUT2D eigenvalue weighted by molar-refractivity contribution is 0.439. The molecule has 2 atom stereocenters. The molecule has 1 aliphatic heterocycles. The highest BCUT2D eigenvalue weighted by Crippen LogP contribution is 2.43. The molecule has 2 aromatic heterocycles.